The molecular formula is C77H94O45. The number of fused-ring (bicyclic) bond motifs is 5. The summed E-state index contributed by atoms with van der Waals surface area (Å²) < 4.78 is 107. The number of allylic oxidation sites excluding steroid dienone is 4. The minimum absolute atomic E-state index is 0.00315. The molecule has 672 valence electrons. The van der Waals surface area contributed by atoms with E-state index in [0.717, 1.165) is 48.6 Å². The molecule has 10 fully saturated rings. The number of hydrogen-bond acceptors (Lipinski definition) is 40. The van der Waals surface area contributed by atoms with Crippen LogP contribution in [0.1, 0.15) is 84.0 Å². The molecule has 0 amide bonds. The molecule has 10 heterocycles. The Labute approximate surface area is 692 Å². The molecule has 9 N–H and O–H groups in total. The summed E-state index contributed by atoms with van der Waals surface area (Å²) in [7, 11) is 0. The standard InChI is InChI=1S/C17H24O9.C15H20O9.C15H18O9.2C15H16O9/c1-10(18)4-2-6-14(21)25-11-8-23-17-12(9-24-16(11)17)26-15(22)7-3-5-13(19)20;4*1-8(16)2-4-12(19)23-9-6-21-15-10(7-22-14(9)15)24-13(20)5-3-11(17)18/h11-12,16-17H,2-9H2,1H3,(H,19,20);9-10,14-16H,1-7H2,(H,17,18);2,4,9-10,14-16H,1,3,5-7H2,(H,17,18);2*2-5,9-10,14-16H,1,6-7H2,(H,17,18)/t11-,12-,16+,17+;9-,10-,14+,15+;9-,10+,14+,15+;9-,10-,14+,15+;9-,10-,14-,15-/m00001/s1. The Hall–Kier alpha value is -11.8. The number of rotatable bonds is 37. The fourth-order valence-corrected chi connectivity index (χ4v) is 12.5. The van der Waals surface area contributed by atoms with Gasteiger partial charge in [-0.15, -0.1) is 0 Å². The number of esters is 10. The fourth-order valence-electron chi connectivity index (χ4n) is 12.5. The first kappa shape index (κ1) is 99.0. The smallest absolute Gasteiger partial charge is 0.331 e. The second-order valence-electron chi connectivity index (χ2n) is 27.5. The van der Waals surface area contributed by atoms with Gasteiger partial charge in [-0.1, -0.05) is 26.3 Å². The minimum atomic E-state index is -1.27. The molecule has 10 rings (SSSR count). The van der Waals surface area contributed by atoms with Gasteiger partial charge in [0.15, 0.2) is 61.0 Å². The maximum Gasteiger partial charge on any atom is 0.331 e. The molecule has 122 heavy (non-hydrogen) atoms. The molecule has 0 bridgehead atoms. The van der Waals surface area contributed by atoms with Crippen molar-refractivity contribution in [2.45, 2.75) is 206 Å². The Morgan fingerprint density at radius 1 is 0.246 bits per heavy atom. The lowest BCUT2D eigenvalue weighted by molar-refractivity contribution is -0.157. The third kappa shape index (κ3) is 34.4. The van der Waals surface area contributed by atoms with Crippen LogP contribution in [-0.4, -0.2) is 329 Å². The first-order valence-electron chi connectivity index (χ1n) is 37.5. The van der Waals surface area contributed by atoms with E-state index >= 15 is 0 Å². The van der Waals surface area contributed by atoms with Crippen molar-refractivity contribution in [2.24, 2.45) is 0 Å². The predicted octanol–water partition coefficient (Wildman–Crippen LogP) is 0.799. The zero-order valence-corrected chi connectivity index (χ0v) is 65.4. The summed E-state index contributed by atoms with van der Waals surface area (Å²) in [5.74, 6) is -13.1. The minimum Gasteiger partial charge on any atom is -0.513 e. The van der Waals surface area contributed by atoms with Gasteiger partial charge in [0, 0.05) is 74.6 Å². The first-order valence-corrected chi connectivity index (χ1v) is 37.5. The number of carboxylic acid groups (broad SMARTS) is 5. The number of hydrogen-bond donors (Lipinski definition) is 9. The average Bonchev–Trinajstić information content (AvgIpc) is 1.68. The third-order valence-electron chi connectivity index (χ3n) is 17.9. The van der Waals surface area contributed by atoms with Gasteiger partial charge in [0.1, 0.15) is 84.1 Å². The van der Waals surface area contributed by atoms with Gasteiger partial charge in [0.25, 0.3) is 0 Å². The highest BCUT2D eigenvalue weighted by atomic mass is 16.7. The van der Waals surface area contributed by atoms with E-state index in [1.54, 1.807) is 0 Å². The highest BCUT2D eigenvalue weighted by Crippen LogP contribution is 2.36. The largest absolute Gasteiger partial charge is 0.513 e. The van der Waals surface area contributed by atoms with Crippen molar-refractivity contribution in [3.63, 3.8) is 0 Å². The van der Waals surface area contributed by atoms with Crippen LogP contribution in [0.25, 0.3) is 0 Å². The predicted molar refractivity (Wildman–Crippen MR) is 393 cm³/mol. The lowest BCUT2D eigenvalue weighted by Gasteiger charge is -2.17. The number of ether oxygens (including phenoxy) is 20. The summed E-state index contributed by atoms with van der Waals surface area (Å²) in [5.41, 5.74) is 0. The number of aliphatic hydroxyl groups excluding tert-OH is 4. The molecule has 0 aromatic rings. The second kappa shape index (κ2) is 49.8. The van der Waals surface area contributed by atoms with Gasteiger partial charge in [-0.25, -0.2) is 33.6 Å². The van der Waals surface area contributed by atoms with Crippen LogP contribution in [-0.2, 0) is 171 Å². The van der Waals surface area contributed by atoms with Crippen molar-refractivity contribution in [1.29, 1.82) is 0 Å². The number of carbonyl (C=O) groups excluding carboxylic acids is 11. The van der Waals surface area contributed by atoms with Gasteiger partial charge >= 0.3 is 89.5 Å². The summed E-state index contributed by atoms with van der Waals surface area (Å²) in [4.78, 5) is 179. The summed E-state index contributed by atoms with van der Waals surface area (Å²) >= 11 is 0. The van der Waals surface area contributed by atoms with Gasteiger partial charge in [0.2, 0.25) is 0 Å². The molecule has 45 nitrogen and oxygen atoms in total. The van der Waals surface area contributed by atoms with Crippen LogP contribution in [0.5, 0.6) is 0 Å². The van der Waals surface area contributed by atoms with Crippen LogP contribution in [0.2, 0.25) is 0 Å². The van der Waals surface area contributed by atoms with Crippen LogP contribution in [0.3, 0.4) is 0 Å². The van der Waals surface area contributed by atoms with Crippen molar-refractivity contribution >= 4 is 95.3 Å². The summed E-state index contributed by atoms with van der Waals surface area (Å²) in [6, 6.07) is 0. The summed E-state index contributed by atoms with van der Waals surface area (Å²) in [6.45, 7) is 15.2. The molecule has 10 aliphatic rings. The quantitative estimate of drug-likeness (QED) is 0.0137. The Morgan fingerprint density at radius 3 is 0.623 bits per heavy atom. The monoisotopic (exact) mass is 1740 g/mol. The molecule has 10 aliphatic heterocycles. The van der Waals surface area contributed by atoms with E-state index in [4.69, 9.17) is 141 Å². The van der Waals surface area contributed by atoms with E-state index in [2.05, 4.69) is 26.3 Å². The molecular weight excluding hydrogens is 1640 g/mol. The van der Waals surface area contributed by atoms with Gasteiger partial charge in [-0.05, 0) is 38.0 Å². The van der Waals surface area contributed by atoms with E-state index in [9.17, 15) is 76.7 Å². The Morgan fingerprint density at radius 2 is 0.434 bits per heavy atom. The van der Waals surface area contributed by atoms with E-state index < -0.39 is 212 Å². The Balaban J connectivity index is 0.000000236. The fraction of sp³-hybridized carbons (Fsp3) is 0.558. The third-order valence-corrected chi connectivity index (χ3v) is 17.9. The van der Waals surface area contributed by atoms with Crippen LogP contribution in [0.15, 0.2) is 110 Å². The molecule has 0 aromatic heterocycles. The summed E-state index contributed by atoms with van der Waals surface area (Å²) in [5, 5.41) is 78.2. The molecule has 45 heteroatoms. The van der Waals surface area contributed by atoms with Crippen LogP contribution in [0.4, 0.5) is 0 Å². The van der Waals surface area contributed by atoms with Gasteiger partial charge in [-0.2, -0.15) is 0 Å². The van der Waals surface area contributed by atoms with Crippen molar-refractivity contribution in [3.05, 3.63) is 110 Å². The molecule has 0 spiro atoms. The van der Waals surface area contributed by atoms with E-state index in [-0.39, 0.29) is 159 Å². The van der Waals surface area contributed by atoms with Crippen LogP contribution < -0.4 is 0 Å². The highest BCUT2D eigenvalue weighted by molar-refractivity contribution is 5.92. The van der Waals surface area contributed by atoms with Crippen molar-refractivity contribution in [1.82, 2.24) is 0 Å². The zero-order valence-electron chi connectivity index (χ0n) is 65.4. The number of Topliss-reactive ketones (excluding diaryl/α,β-unsaturated/α-hetero) is 1. The number of ketones is 1. The molecule has 10 saturated heterocycles. The van der Waals surface area contributed by atoms with Gasteiger partial charge < -0.3 is 145 Å². The second-order valence-corrected chi connectivity index (χ2v) is 27.5. The molecule has 0 saturated carbocycles. The molecule has 0 radical (unpaired) electrons. The lowest BCUT2D eigenvalue weighted by atomic mass is 10.1. The normalized spacial score (nSPS) is 28.2. The van der Waals surface area contributed by atoms with E-state index in [1.165, 1.54) is 6.92 Å². The highest BCUT2D eigenvalue weighted by Gasteiger charge is 2.56. The number of aliphatic hydroxyl groups is 4. The number of aliphatic carboxylic acids is 5. The van der Waals surface area contributed by atoms with Crippen molar-refractivity contribution in [3.8, 4) is 0 Å². The topological polar surface area (TPSA) is 640 Å². The Bertz CT molecular complexity index is 3640. The van der Waals surface area contributed by atoms with Gasteiger partial charge in [-0.3, -0.25) is 38.4 Å². The number of carbonyl (C=O) groups is 16. The van der Waals surface area contributed by atoms with Crippen LogP contribution in [0, 0.1) is 0 Å². The average molecular weight is 1740 g/mol. The zero-order chi connectivity index (χ0) is 89.9. The maximum absolute atomic E-state index is 11.8. The maximum atomic E-state index is 11.8. The van der Waals surface area contributed by atoms with E-state index in [0.29, 0.717) is 25.0 Å². The van der Waals surface area contributed by atoms with Gasteiger partial charge in [0.05, 0.1) is 104 Å². The SMILES string of the molecule is C=C(O)C=CC(=O)O[C@@H]1CO[C@H]2[C@@H]1OC[C@H]2OC(=O)C=CC(=O)O.C=C(O)C=CC(=O)O[C@H]1CO[C@H]2[C@@H]1OC[C@@H]2OC(=O)C=CC(=O)O.C=C(O)C=CC(=O)O[C@H]1CO[C@H]2[C@@H]1OC[C@H]2OC(=O)CCC(=O)O.C=C(O)CCC(=O)O[C@H]1CO[C@H]2[C@@H]1OC[C@@H]2OC(=O)CCC(=O)O.CC(=O)CCCC(=O)O[C@H]1CO[C@H]2[C@@H]1OC[C@@H]2OC(=O)CCCC(=O)O. The molecule has 0 unspecified atom stereocenters. The van der Waals surface area contributed by atoms with Crippen molar-refractivity contribution in [2.75, 3.05) is 66.1 Å². The molecule has 0 aliphatic carbocycles. The molecule has 0 aromatic carbocycles. The number of carboxylic acids is 5. The van der Waals surface area contributed by atoms with E-state index in [1.807, 2.05) is 0 Å². The Kier molecular flexibility index (Phi) is 40.4. The lowest BCUT2D eigenvalue weighted by Crippen LogP contribution is -2.36. The summed E-state index contributed by atoms with van der Waals surface area (Å²) in [6.07, 6.45) is -2.97. The van der Waals surface area contributed by atoms with Crippen molar-refractivity contribution < 1.29 is 217 Å². The first-order chi connectivity index (χ1) is 57.8. The molecule has 20 atom stereocenters. The van der Waals surface area contributed by atoms with Crippen LogP contribution >= 0.6 is 0 Å².